The lowest BCUT2D eigenvalue weighted by atomic mass is 9.95. The van der Waals surface area contributed by atoms with E-state index < -0.39 is 0 Å². The van der Waals surface area contributed by atoms with Gasteiger partial charge in [-0.3, -0.25) is 15.0 Å². The Labute approximate surface area is 166 Å². The molecule has 2 aliphatic rings. The number of nitrogens with one attached hydrogen (secondary N) is 3. The van der Waals surface area contributed by atoms with E-state index in [2.05, 4.69) is 10.6 Å². The maximum absolute atomic E-state index is 12.6. The summed E-state index contributed by atoms with van der Waals surface area (Å²) in [7, 11) is 0. The molecule has 1 aliphatic carbocycles. The SMILES string of the molecule is N=C(N)c1ccc(CNC(=O)[C@@H]2CCCN2C(=O)CNC2CCCCC2)cc1. The molecule has 28 heavy (non-hydrogen) atoms. The first kappa shape index (κ1) is 20.3. The van der Waals surface area contributed by atoms with E-state index >= 15 is 0 Å². The van der Waals surface area contributed by atoms with Crippen LogP contribution in [0.15, 0.2) is 24.3 Å². The average molecular weight is 386 g/mol. The summed E-state index contributed by atoms with van der Waals surface area (Å²) in [5, 5.41) is 13.7. The van der Waals surface area contributed by atoms with Crippen LogP contribution in [0.25, 0.3) is 0 Å². The highest BCUT2D eigenvalue weighted by Crippen LogP contribution is 2.19. The third kappa shape index (κ3) is 5.32. The Kier molecular flexibility index (Phi) is 7.03. The van der Waals surface area contributed by atoms with Crippen molar-refractivity contribution in [1.29, 1.82) is 5.41 Å². The molecule has 0 unspecified atom stereocenters. The number of nitrogen functional groups attached to an aromatic ring is 1. The maximum atomic E-state index is 12.6. The van der Waals surface area contributed by atoms with Crippen molar-refractivity contribution < 1.29 is 9.59 Å². The van der Waals surface area contributed by atoms with E-state index in [0.717, 1.165) is 24.8 Å². The molecule has 3 rings (SSSR count). The van der Waals surface area contributed by atoms with Gasteiger partial charge in [-0.05, 0) is 31.2 Å². The first-order chi connectivity index (χ1) is 13.5. The van der Waals surface area contributed by atoms with Gasteiger partial charge in [0.1, 0.15) is 11.9 Å². The fourth-order valence-corrected chi connectivity index (χ4v) is 4.09. The van der Waals surface area contributed by atoms with Gasteiger partial charge in [-0.25, -0.2) is 0 Å². The number of likely N-dealkylation sites (tertiary alicyclic amines) is 1. The lowest BCUT2D eigenvalue weighted by Gasteiger charge is -2.27. The van der Waals surface area contributed by atoms with E-state index in [1.807, 2.05) is 12.1 Å². The van der Waals surface area contributed by atoms with Crippen LogP contribution in [-0.4, -0.2) is 47.7 Å². The normalized spacial score (nSPS) is 20.1. The van der Waals surface area contributed by atoms with E-state index in [-0.39, 0.29) is 23.7 Å². The lowest BCUT2D eigenvalue weighted by Crippen LogP contribution is -2.49. The summed E-state index contributed by atoms with van der Waals surface area (Å²) < 4.78 is 0. The first-order valence-corrected chi connectivity index (χ1v) is 10.3. The summed E-state index contributed by atoms with van der Waals surface area (Å²) in [5.41, 5.74) is 7.05. The second-order valence-corrected chi connectivity index (χ2v) is 7.79. The third-order valence-corrected chi connectivity index (χ3v) is 5.75. The van der Waals surface area contributed by atoms with Crippen LogP contribution >= 0.6 is 0 Å². The van der Waals surface area contributed by atoms with Crippen LogP contribution in [0.1, 0.15) is 56.1 Å². The van der Waals surface area contributed by atoms with Crippen molar-refractivity contribution in [3.05, 3.63) is 35.4 Å². The standard InChI is InChI=1S/C21H31N5O2/c22-20(23)16-10-8-15(9-11-16)13-25-21(28)18-7-4-12-26(18)19(27)14-24-17-5-2-1-3-6-17/h8-11,17-18,24H,1-7,12-14H2,(H3,22,23)(H,25,28)/t18-/m0/s1. The zero-order chi connectivity index (χ0) is 19.9. The van der Waals surface area contributed by atoms with E-state index in [9.17, 15) is 9.59 Å². The van der Waals surface area contributed by atoms with Crippen LogP contribution in [0, 0.1) is 5.41 Å². The van der Waals surface area contributed by atoms with Gasteiger partial charge in [-0.15, -0.1) is 0 Å². The van der Waals surface area contributed by atoms with E-state index in [1.165, 1.54) is 19.3 Å². The lowest BCUT2D eigenvalue weighted by molar-refractivity contribution is -0.138. The van der Waals surface area contributed by atoms with Gasteiger partial charge >= 0.3 is 0 Å². The molecule has 0 aromatic heterocycles. The highest BCUT2D eigenvalue weighted by Gasteiger charge is 2.33. The number of rotatable bonds is 7. The van der Waals surface area contributed by atoms with Crippen LogP contribution in [0.4, 0.5) is 0 Å². The number of amides is 2. The quantitative estimate of drug-likeness (QED) is 0.421. The number of benzene rings is 1. The summed E-state index contributed by atoms with van der Waals surface area (Å²) in [6.45, 7) is 1.37. The molecule has 2 amide bonds. The Morgan fingerprint density at radius 3 is 2.46 bits per heavy atom. The van der Waals surface area contributed by atoms with Gasteiger partial charge in [0.05, 0.1) is 6.54 Å². The second-order valence-electron chi connectivity index (χ2n) is 7.79. The molecule has 1 saturated carbocycles. The molecule has 1 heterocycles. The second kappa shape index (κ2) is 9.68. The molecule has 152 valence electrons. The molecule has 1 atom stereocenters. The summed E-state index contributed by atoms with van der Waals surface area (Å²) in [6, 6.07) is 7.30. The zero-order valence-electron chi connectivity index (χ0n) is 16.4. The molecule has 2 fully saturated rings. The Hall–Kier alpha value is -2.41. The number of nitrogens with two attached hydrogens (primary N) is 1. The highest BCUT2D eigenvalue weighted by atomic mass is 16.2. The number of carbonyl (C=O) groups is 2. The summed E-state index contributed by atoms with van der Waals surface area (Å²) in [4.78, 5) is 27.0. The topological polar surface area (TPSA) is 111 Å². The molecule has 1 aromatic rings. The predicted octanol–water partition coefficient (Wildman–Crippen LogP) is 1.50. The minimum absolute atomic E-state index is 0.0223. The summed E-state index contributed by atoms with van der Waals surface area (Å²) in [5.74, 6) is -0.0503. The van der Waals surface area contributed by atoms with Gasteiger partial charge < -0.3 is 21.3 Å². The van der Waals surface area contributed by atoms with Crippen molar-refractivity contribution in [2.75, 3.05) is 13.1 Å². The fraction of sp³-hybridized carbons (Fsp3) is 0.571. The Bertz CT molecular complexity index is 697. The van der Waals surface area contributed by atoms with Crippen LogP contribution in [-0.2, 0) is 16.1 Å². The molecule has 0 spiro atoms. The zero-order valence-corrected chi connectivity index (χ0v) is 16.4. The average Bonchev–Trinajstić information content (AvgIpc) is 3.21. The molecular weight excluding hydrogens is 354 g/mol. The van der Waals surface area contributed by atoms with Gasteiger partial charge in [-0.1, -0.05) is 43.5 Å². The van der Waals surface area contributed by atoms with Crippen LogP contribution < -0.4 is 16.4 Å². The number of hydrogen-bond acceptors (Lipinski definition) is 4. The molecule has 0 bridgehead atoms. The van der Waals surface area contributed by atoms with Crippen molar-refractivity contribution in [2.45, 2.75) is 63.6 Å². The molecule has 1 aliphatic heterocycles. The van der Waals surface area contributed by atoms with Crippen molar-refractivity contribution in [2.24, 2.45) is 5.73 Å². The van der Waals surface area contributed by atoms with Gasteiger partial charge in [0.15, 0.2) is 0 Å². The minimum Gasteiger partial charge on any atom is -0.384 e. The van der Waals surface area contributed by atoms with Crippen molar-refractivity contribution >= 4 is 17.6 Å². The summed E-state index contributed by atoms with van der Waals surface area (Å²) in [6.07, 6.45) is 7.60. The number of hydrogen-bond donors (Lipinski definition) is 4. The van der Waals surface area contributed by atoms with Crippen molar-refractivity contribution in [3.8, 4) is 0 Å². The highest BCUT2D eigenvalue weighted by molar-refractivity contribution is 5.94. The Balaban J connectivity index is 1.47. The summed E-state index contributed by atoms with van der Waals surface area (Å²) >= 11 is 0. The predicted molar refractivity (Wildman–Crippen MR) is 109 cm³/mol. The van der Waals surface area contributed by atoms with Crippen LogP contribution in [0.2, 0.25) is 0 Å². The van der Waals surface area contributed by atoms with Gasteiger partial charge in [0, 0.05) is 24.7 Å². The Morgan fingerprint density at radius 2 is 1.79 bits per heavy atom. The Morgan fingerprint density at radius 1 is 1.07 bits per heavy atom. The molecule has 1 saturated heterocycles. The number of carbonyl (C=O) groups excluding carboxylic acids is 2. The first-order valence-electron chi connectivity index (χ1n) is 10.3. The number of amidine groups is 1. The fourth-order valence-electron chi connectivity index (χ4n) is 4.09. The molecule has 0 radical (unpaired) electrons. The third-order valence-electron chi connectivity index (χ3n) is 5.75. The smallest absolute Gasteiger partial charge is 0.243 e. The monoisotopic (exact) mass is 385 g/mol. The van der Waals surface area contributed by atoms with Gasteiger partial charge in [-0.2, -0.15) is 0 Å². The van der Waals surface area contributed by atoms with Gasteiger partial charge in [0.2, 0.25) is 11.8 Å². The van der Waals surface area contributed by atoms with Gasteiger partial charge in [0.25, 0.3) is 0 Å². The number of nitrogens with zero attached hydrogens (tertiary/aromatic N) is 1. The van der Waals surface area contributed by atoms with Crippen molar-refractivity contribution in [3.63, 3.8) is 0 Å². The molecule has 7 nitrogen and oxygen atoms in total. The molecule has 1 aromatic carbocycles. The molecular formula is C21H31N5O2. The van der Waals surface area contributed by atoms with Crippen LogP contribution in [0.5, 0.6) is 0 Å². The molecule has 5 N–H and O–H groups in total. The van der Waals surface area contributed by atoms with E-state index in [0.29, 0.717) is 37.7 Å². The maximum Gasteiger partial charge on any atom is 0.243 e. The van der Waals surface area contributed by atoms with Crippen LogP contribution in [0.3, 0.4) is 0 Å². The van der Waals surface area contributed by atoms with E-state index in [4.69, 9.17) is 11.1 Å². The largest absolute Gasteiger partial charge is 0.384 e. The minimum atomic E-state index is -0.378. The molecule has 7 heteroatoms. The van der Waals surface area contributed by atoms with Crippen molar-refractivity contribution in [1.82, 2.24) is 15.5 Å². The van der Waals surface area contributed by atoms with E-state index in [1.54, 1.807) is 17.0 Å².